The van der Waals surface area contributed by atoms with Crippen LogP contribution < -0.4 is 10.2 Å². The Morgan fingerprint density at radius 1 is 1.05 bits per heavy atom. The molecule has 0 spiro atoms. The minimum absolute atomic E-state index is 0.0223. The van der Waals surface area contributed by atoms with Crippen molar-refractivity contribution in [3.05, 3.63) is 84.8 Å². The second-order valence-electron chi connectivity index (χ2n) is 11.2. The van der Waals surface area contributed by atoms with Crippen molar-refractivity contribution in [2.75, 3.05) is 50.1 Å². The van der Waals surface area contributed by atoms with Crippen LogP contribution in [0.25, 0.3) is 44.5 Å². The second-order valence-corrected chi connectivity index (χ2v) is 11.2. The lowest BCUT2D eigenvalue weighted by Gasteiger charge is -2.34. The second kappa shape index (κ2) is 11.9. The number of anilines is 2. The Morgan fingerprint density at radius 2 is 1.79 bits per heavy atom. The van der Waals surface area contributed by atoms with Gasteiger partial charge in [0.2, 0.25) is 5.91 Å². The fourth-order valence-electron chi connectivity index (χ4n) is 5.83. The van der Waals surface area contributed by atoms with E-state index in [0.717, 1.165) is 87.5 Å². The number of rotatable bonds is 8. The van der Waals surface area contributed by atoms with Gasteiger partial charge in [0.25, 0.3) is 0 Å². The molecule has 6 rings (SSSR count). The lowest BCUT2D eigenvalue weighted by atomic mass is 9.93. The Labute approximate surface area is 251 Å². The predicted molar refractivity (Wildman–Crippen MR) is 173 cm³/mol. The number of H-pyrrole nitrogens is 1. The predicted octanol–water partition coefficient (Wildman–Crippen LogP) is 5.25. The monoisotopic (exact) mass is 575 g/mol. The van der Waals surface area contributed by atoms with Crippen molar-refractivity contribution >= 4 is 28.3 Å². The van der Waals surface area contributed by atoms with Gasteiger partial charge in [-0.1, -0.05) is 30.8 Å². The number of hydrogen-bond donors (Lipinski definition) is 3. The number of likely N-dealkylation sites (N-methyl/N-ethyl adjacent to an activating group) is 1. The zero-order chi connectivity index (χ0) is 30.1. The van der Waals surface area contributed by atoms with E-state index in [1.807, 2.05) is 37.6 Å². The van der Waals surface area contributed by atoms with Gasteiger partial charge < -0.3 is 25.2 Å². The molecule has 0 saturated carbocycles. The van der Waals surface area contributed by atoms with Crippen LogP contribution in [0.5, 0.6) is 0 Å². The molecular formula is C34H37N7O2. The number of aromatic nitrogens is 4. The van der Waals surface area contributed by atoms with Crippen LogP contribution in [0.1, 0.15) is 11.1 Å². The quantitative estimate of drug-likeness (QED) is 0.219. The highest BCUT2D eigenvalue weighted by Gasteiger charge is 2.22. The van der Waals surface area contributed by atoms with E-state index in [-0.39, 0.29) is 12.5 Å². The summed E-state index contributed by atoms with van der Waals surface area (Å²) in [6.45, 7) is 12.3. The third-order valence-electron chi connectivity index (χ3n) is 8.35. The van der Waals surface area contributed by atoms with Crippen LogP contribution in [0.3, 0.4) is 0 Å². The van der Waals surface area contributed by atoms with Crippen LogP contribution >= 0.6 is 0 Å². The zero-order valence-corrected chi connectivity index (χ0v) is 24.9. The Hall–Kier alpha value is -4.73. The number of aryl methyl sites for hydroxylation is 2. The van der Waals surface area contributed by atoms with E-state index in [1.54, 1.807) is 4.68 Å². The van der Waals surface area contributed by atoms with E-state index in [1.165, 1.54) is 11.8 Å². The molecule has 4 heterocycles. The zero-order valence-electron chi connectivity index (χ0n) is 24.9. The molecule has 2 aromatic carbocycles. The van der Waals surface area contributed by atoms with Gasteiger partial charge in [-0.05, 0) is 67.4 Å². The summed E-state index contributed by atoms with van der Waals surface area (Å²) >= 11 is 0. The van der Waals surface area contributed by atoms with Crippen molar-refractivity contribution < 1.29 is 9.90 Å². The average molecular weight is 576 g/mol. The summed E-state index contributed by atoms with van der Waals surface area (Å²) in [4.78, 5) is 25.5. The number of fused-ring (bicyclic) bond motifs is 1. The summed E-state index contributed by atoms with van der Waals surface area (Å²) in [5.41, 5.74) is 10.7. The number of pyridine rings is 1. The topological polar surface area (TPSA) is 102 Å². The fraction of sp³-hybridized carbons (Fsp3) is 0.265. The summed E-state index contributed by atoms with van der Waals surface area (Å²) in [6, 6.07) is 14.9. The molecule has 43 heavy (non-hydrogen) atoms. The van der Waals surface area contributed by atoms with E-state index in [9.17, 15) is 9.90 Å². The molecule has 0 radical (unpaired) electrons. The summed E-state index contributed by atoms with van der Waals surface area (Å²) in [6.07, 6.45) is 6.90. The van der Waals surface area contributed by atoms with Crippen molar-refractivity contribution in [3.63, 3.8) is 0 Å². The van der Waals surface area contributed by atoms with Gasteiger partial charge in [0.15, 0.2) is 0 Å². The number of nitrogens with zero attached hydrogens (tertiary/aromatic N) is 5. The van der Waals surface area contributed by atoms with E-state index in [2.05, 4.69) is 76.1 Å². The SMILES string of the molecule is C=CC(=O)Nc1cc(-c2c(-c3ccc(N4CCN(C)CC4)cc3)[nH]c3ncc(-c4cnn(CCO)c4)c(C)c23)ccc1C. The number of aliphatic hydroxyl groups excluding tert-OH is 1. The molecule has 1 aliphatic rings. The average Bonchev–Trinajstić information content (AvgIpc) is 3.64. The number of carbonyl (C=O) groups is 1. The van der Waals surface area contributed by atoms with Crippen LogP contribution in [-0.4, -0.2) is 75.5 Å². The summed E-state index contributed by atoms with van der Waals surface area (Å²) in [5, 5.41) is 17.7. The van der Waals surface area contributed by atoms with E-state index < -0.39 is 0 Å². The highest BCUT2D eigenvalue weighted by atomic mass is 16.3. The lowest BCUT2D eigenvalue weighted by Crippen LogP contribution is -2.44. The van der Waals surface area contributed by atoms with Gasteiger partial charge in [-0.3, -0.25) is 9.48 Å². The summed E-state index contributed by atoms with van der Waals surface area (Å²) in [7, 11) is 2.17. The lowest BCUT2D eigenvalue weighted by molar-refractivity contribution is -0.111. The highest BCUT2D eigenvalue weighted by molar-refractivity contribution is 6.07. The maximum Gasteiger partial charge on any atom is 0.247 e. The van der Waals surface area contributed by atoms with Crippen molar-refractivity contribution in [3.8, 4) is 33.5 Å². The number of hydrogen-bond acceptors (Lipinski definition) is 6. The molecule has 0 unspecified atom stereocenters. The smallest absolute Gasteiger partial charge is 0.247 e. The maximum atomic E-state index is 12.2. The minimum Gasteiger partial charge on any atom is -0.394 e. The number of piperazine rings is 1. The molecule has 1 amide bonds. The molecule has 9 nitrogen and oxygen atoms in total. The molecule has 1 fully saturated rings. The van der Waals surface area contributed by atoms with Crippen LogP contribution in [0.4, 0.5) is 11.4 Å². The van der Waals surface area contributed by atoms with Crippen molar-refractivity contribution in [1.82, 2.24) is 24.6 Å². The molecule has 0 atom stereocenters. The molecule has 1 aliphatic heterocycles. The Balaban J connectivity index is 1.50. The molecule has 220 valence electrons. The van der Waals surface area contributed by atoms with Crippen molar-refractivity contribution in [1.29, 1.82) is 0 Å². The van der Waals surface area contributed by atoms with Crippen LogP contribution in [0.2, 0.25) is 0 Å². The number of carbonyl (C=O) groups excluding carboxylic acids is 1. The highest BCUT2D eigenvalue weighted by Crippen LogP contribution is 2.42. The molecular weight excluding hydrogens is 538 g/mol. The van der Waals surface area contributed by atoms with Gasteiger partial charge in [0.05, 0.1) is 25.0 Å². The molecule has 0 aliphatic carbocycles. The van der Waals surface area contributed by atoms with Gasteiger partial charge in [0, 0.05) is 72.0 Å². The summed E-state index contributed by atoms with van der Waals surface area (Å²) < 4.78 is 1.74. The molecule has 0 bridgehead atoms. The third kappa shape index (κ3) is 5.57. The first-order chi connectivity index (χ1) is 20.9. The van der Waals surface area contributed by atoms with Crippen molar-refractivity contribution in [2.24, 2.45) is 0 Å². The standard InChI is InChI=1S/C34H37N7O2/c1-5-30(43)37-29-18-25(7-6-22(29)2)32-31-23(3)28(26-19-36-41(21-26)16-17-42)20-35-34(31)38-33(32)24-8-10-27(11-9-24)40-14-12-39(4)13-15-40/h5-11,18-21,42H,1,12-17H2,2-4H3,(H,35,38)(H,37,43). The van der Waals surface area contributed by atoms with Crippen LogP contribution in [0, 0.1) is 13.8 Å². The molecule has 3 N–H and O–H groups in total. The van der Waals surface area contributed by atoms with Gasteiger partial charge in [-0.15, -0.1) is 0 Å². The van der Waals surface area contributed by atoms with Gasteiger partial charge in [0.1, 0.15) is 5.65 Å². The third-order valence-corrected chi connectivity index (χ3v) is 8.35. The van der Waals surface area contributed by atoms with Crippen LogP contribution in [0.15, 0.2) is 73.7 Å². The molecule has 9 heteroatoms. The van der Waals surface area contributed by atoms with Gasteiger partial charge in [-0.2, -0.15) is 5.10 Å². The maximum absolute atomic E-state index is 12.2. The Bertz CT molecular complexity index is 1790. The van der Waals surface area contributed by atoms with E-state index >= 15 is 0 Å². The molecule has 5 aromatic rings. The number of aromatic amines is 1. The van der Waals surface area contributed by atoms with Gasteiger partial charge >= 0.3 is 0 Å². The number of benzene rings is 2. The Kier molecular flexibility index (Phi) is 7.84. The number of amides is 1. The van der Waals surface area contributed by atoms with Crippen molar-refractivity contribution in [2.45, 2.75) is 20.4 Å². The minimum atomic E-state index is -0.251. The summed E-state index contributed by atoms with van der Waals surface area (Å²) in [5.74, 6) is -0.251. The first-order valence-electron chi connectivity index (χ1n) is 14.6. The van der Waals surface area contributed by atoms with Crippen LogP contribution in [-0.2, 0) is 11.3 Å². The van der Waals surface area contributed by atoms with E-state index in [4.69, 9.17) is 4.98 Å². The normalized spacial score (nSPS) is 13.9. The molecule has 1 saturated heterocycles. The van der Waals surface area contributed by atoms with E-state index in [0.29, 0.717) is 6.54 Å². The number of aliphatic hydroxyl groups is 1. The first kappa shape index (κ1) is 28.4. The largest absolute Gasteiger partial charge is 0.394 e. The first-order valence-corrected chi connectivity index (χ1v) is 14.6. The molecule has 3 aromatic heterocycles. The fourth-order valence-corrected chi connectivity index (χ4v) is 5.83. The number of nitrogens with one attached hydrogen (secondary N) is 2. The Morgan fingerprint density at radius 3 is 2.51 bits per heavy atom. The van der Waals surface area contributed by atoms with Gasteiger partial charge in [-0.25, -0.2) is 4.98 Å².